The number of aryl methyl sites for hydroxylation is 1. The van der Waals surface area contributed by atoms with Crippen molar-refractivity contribution in [3.63, 3.8) is 0 Å². The molecule has 4 aromatic rings. The van der Waals surface area contributed by atoms with Crippen molar-refractivity contribution in [1.82, 2.24) is 19.8 Å². The molecule has 1 aromatic heterocycles. The van der Waals surface area contributed by atoms with Gasteiger partial charge in [0.1, 0.15) is 22.8 Å². The van der Waals surface area contributed by atoms with Crippen molar-refractivity contribution in [2.75, 3.05) is 64.2 Å². The summed E-state index contributed by atoms with van der Waals surface area (Å²) in [5.41, 5.74) is 4.41. The third-order valence-corrected chi connectivity index (χ3v) is 8.95. The smallest absolute Gasteiger partial charge is 0.259 e. The van der Waals surface area contributed by atoms with Gasteiger partial charge in [-0.3, -0.25) is 14.4 Å². The molecule has 0 atom stereocenters. The first-order valence-electron chi connectivity index (χ1n) is 17.0. The number of nitrogens with one attached hydrogen (secondary N) is 2. The monoisotopic (exact) mass is 668 g/mol. The maximum Gasteiger partial charge on any atom is 0.259 e. The Bertz CT molecular complexity index is 1790. The molecule has 11 nitrogen and oxygen atoms in total. The second-order valence-corrected chi connectivity index (χ2v) is 13.0. The van der Waals surface area contributed by atoms with E-state index in [0.717, 1.165) is 62.3 Å². The van der Waals surface area contributed by atoms with E-state index in [2.05, 4.69) is 41.1 Å². The van der Waals surface area contributed by atoms with Crippen LogP contribution in [0.1, 0.15) is 77.6 Å². The summed E-state index contributed by atoms with van der Waals surface area (Å²) in [6.07, 6.45) is 3.06. The van der Waals surface area contributed by atoms with Gasteiger partial charge in [-0.1, -0.05) is 26.0 Å². The summed E-state index contributed by atoms with van der Waals surface area (Å²) in [7, 11) is 5.26. The van der Waals surface area contributed by atoms with E-state index in [1.165, 1.54) is 7.11 Å². The third-order valence-electron chi connectivity index (χ3n) is 8.95. The molecule has 1 aliphatic heterocycles. The van der Waals surface area contributed by atoms with Crippen LogP contribution >= 0.6 is 0 Å². The Morgan fingerprint density at radius 3 is 2.49 bits per heavy atom. The number of aromatic amines is 1. The number of nitrogens with zero attached hydrogens (tertiary/aromatic N) is 4. The van der Waals surface area contributed by atoms with Crippen molar-refractivity contribution >= 4 is 40.1 Å². The summed E-state index contributed by atoms with van der Waals surface area (Å²) in [5.74, 6) is 1.52. The Balaban J connectivity index is 1.20. The standard InChI is InChI=1S/C38H48N6O5/c1-25(2)36-39-29-11-10-12-30(35(29)41-36)40-37(46)28-16-15-27(24-32(28)48-6)38(47)43(5)31-17-14-26(3)23-33(31)49-22-9-7-8-13-34(45)44-20-18-42(4)19-21-44/h10-12,14-17,23-25H,7-9,13,18-22H2,1-6H3,(H,39,41)(H,40,46). The average molecular weight is 669 g/mol. The maximum atomic E-state index is 13.7. The first-order valence-corrected chi connectivity index (χ1v) is 17.0. The molecular weight excluding hydrogens is 620 g/mol. The van der Waals surface area contributed by atoms with Crippen LogP contribution < -0.4 is 19.7 Å². The topological polar surface area (TPSA) is 120 Å². The predicted molar refractivity (Wildman–Crippen MR) is 193 cm³/mol. The number of carbonyl (C=O) groups is 3. The Morgan fingerprint density at radius 1 is 0.980 bits per heavy atom. The highest BCUT2D eigenvalue weighted by molar-refractivity contribution is 6.11. The Hall–Kier alpha value is -4.90. The van der Waals surface area contributed by atoms with Crippen LogP contribution in [0, 0.1) is 6.92 Å². The van der Waals surface area contributed by atoms with Gasteiger partial charge in [-0.2, -0.15) is 0 Å². The van der Waals surface area contributed by atoms with Crippen LogP contribution in [-0.2, 0) is 4.79 Å². The van der Waals surface area contributed by atoms with Crippen LogP contribution in [0.25, 0.3) is 11.0 Å². The lowest BCUT2D eigenvalue weighted by atomic mass is 10.1. The van der Waals surface area contributed by atoms with Gasteiger partial charge < -0.3 is 34.5 Å². The van der Waals surface area contributed by atoms with Gasteiger partial charge in [0.25, 0.3) is 11.8 Å². The zero-order chi connectivity index (χ0) is 35.1. The van der Waals surface area contributed by atoms with Crippen molar-refractivity contribution in [2.45, 2.75) is 52.4 Å². The van der Waals surface area contributed by atoms with E-state index < -0.39 is 0 Å². The minimum absolute atomic E-state index is 0.210. The molecule has 0 unspecified atom stereocenters. The minimum atomic E-state index is -0.372. The summed E-state index contributed by atoms with van der Waals surface area (Å²) in [6.45, 7) is 10.0. The molecule has 260 valence electrons. The highest BCUT2D eigenvalue weighted by Gasteiger charge is 2.22. The van der Waals surface area contributed by atoms with E-state index >= 15 is 0 Å². The van der Waals surface area contributed by atoms with Crippen LogP contribution in [0.4, 0.5) is 11.4 Å². The van der Waals surface area contributed by atoms with E-state index in [0.29, 0.717) is 46.8 Å². The van der Waals surface area contributed by atoms with Crippen molar-refractivity contribution in [3.8, 4) is 11.5 Å². The second-order valence-electron chi connectivity index (χ2n) is 13.0. The normalized spacial score (nSPS) is 13.5. The van der Waals surface area contributed by atoms with E-state index in [1.807, 2.05) is 48.2 Å². The number of benzene rings is 3. The summed E-state index contributed by atoms with van der Waals surface area (Å²) in [4.78, 5) is 53.4. The molecule has 3 amide bonds. The van der Waals surface area contributed by atoms with Crippen molar-refractivity contribution in [1.29, 1.82) is 0 Å². The third kappa shape index (κ3) is 8.58. The molecule has 2 N–H and O–H groups in total. The predicted octanol–water partition coefficient (Wildman–Crippen LogP) is 6.25. The number of methoxy groups -OCH3 is 1. The molecule has 1 saturated heterocycles. The molecule has 3 aromatic carbocycles. The van der Waals surface area contributed by atoms with E-state index in [-0.39, 0.29) is 29.4 Å². The minimum Gasteiger partial charge on any atom is -0.496 e. The highest BCUT2D eigenvalue weighted by atomic mass is 16.5. The largest absolute Gasteiger partial charge is 0.496 e. The molecule has 0 radical (unpaired) electrons. The first-order chi connectivity index (χ1) is 23.5. The number of aromatic nitrogens is 2. The van der Waals surface area contributed by atoms with Crippen LogP contribution in [0.2, 0.25) is 0 Å². The van der Waals surface area contributed by atoms with Gasteiger partial charge in [-0.05, 0) is 81.3 Å². The number of anilines is 2. The fourth-order valence-electron chi connectivity index (χ4n) is 5.90. The average Bonchev–Trinajstić information content (AvgIpc) is 3.55. The lowest BCUT2D eigenvalue weighted by Gasteiger charge is -2.32. The SMILES string of the molecule is COc1cc(C(=O)N(C)c2ccc(C)cc2OCCCCCC(=O)N2CCN(C)CC2)ccc1C(=O)Nc1cccc2[nH]c(C(C)C)nc12. The Labute approximate surface area is 288 Å². The van der Waals surface area contributed by atoms with E-state index in [9.17, 15) is 14.4 Å². The van der Waals surface area contributed by atoms with Gasteiger partial charge in [0.05, 0.1) is 36.2 Å². The number of rotatable bonds is 13. The van der Waals surface area contributed by atoms with Crippen molar-refractivity contribution in [2.24, 2.45) is 0 Å². The fraction of sp³-hybridized carbons (Fsp3) is 0.421. The van der Waals surface area contributed by atoms with Crippen LogP contribution in [0.3, 0.4) is 0 Å². The first kappa shape index (κ1) is 35.4. The lowest BCUT2D eigenvalue weighted by Crippen LogP contribution is -2.47. The molecule has 0 spiro atoms. The zero-order valence-corrected chi connectivity index (χ0v) is 29.5. The van der Waals surface area contributed by atoms with Crippen LogP contribution in [-0.4, -0.2) is 91.5 Å². The summed E-state index contributed by atoms with van der Waals surface area (Å²) in [5, 5.41) is 2.96. The number of amides is 3. The molecule has 0 saturated carbocycles. The number of carbonyl (C=O) groups excluding carboxylic acids is 3. The number of imidazole rings is 1. The summed E-state index contributed by atoms with van der Waals surface area (Å²) >= 11 is 0. The maximum absolute atomic E-state index is 13.7. The molecule has 1 aliphatic rings. The molecule has 1 fully saturated rings. The molecule has 5 rings (SSSR count). The Morgan fingerprint density at radius 2 is 1.76 bits per heavy atom. The van der Waals surface area contributed by atoms with Crippen molar-refractivity contribution < 1.29 is 23.9 Å². The number of ether oxygens (including phenoxy) is 2. The number of unbranched alkanes of at least 4 members (excludes halogenated alkanes) is 2. The van der Waals surface area contributed by atoms with Gasteiger partial charge in [0, 0.05) is 51.1 Å². The number of piperazine rings is 1. The highest BCUT2D eigenvalue weighted by Crippen LogP contribution is 2.32. The zero-order valence-electron chi connectivity index (χ0n) is 29.5. The van der Waals surface area contributed by atoms with Gasteiger partial charge >= 0.3 is 0 Å². The van der Waals surface area contributed by atoms with Crippen LogP contribution in [0.15, 0.2) is 54.6 Å². The number of para-hydroxylation sites is 1. The molecule has 11 heteroatoms. The van der Waals surface area contributed by atoms with Gasteiger partial charge in [-0.25, -0.2) is 4.98 Å². The van der Waals surface area contributed by atoms with Gasteiger partial charge in [0.15, 0.2) is 0 Å². The van der Waals surface area contributed by atoms with Crippen LogP contribution in [0.5, 0.6) is 11.5 Å². The summed E-state index contributed by atoms with van der Waals surface area (Å²) in [6, 6.07) is 16.1. The van der Waals surface area contributed by atoms with Gasteiger partial charge in [-0.15, -0.1) is 0 Å². The second kappa shape index (κ2) is 16.0. The number of fused-ring (bicyclic) bond motifs is 1. The number of hydrogen-bond donors (Lipinski definition) is 2. The fourth-order valence-corrected chi connectivity index (χ4v) is 5.90. The molecular formula is C38H48N6O5. The Kier molecular flexibility index (Phi) is 11.6. The molecule has 0 aliphatic carbocycles. The number of H-pyrrole nitrogens is 1. The number of likely N-dealkylation sites (N-methyl/N-ethyl adjacent to an activating group) is 1. The lowest BCUT2D eigenvalue weighted by molar-refractivity contribution is -0.132. The number of hydrogen-bond acceptors (Lipinski definition) is 7. The molecule has 0 bridgehead atoms. The summed E-state index contributed by atoms with van der Waals surface area (Å²) < 4.78 is 11.8. The van der Waals surface area contributed by atoms with E-state index in [1.54, 1.807) is 30.1 Å². The van der Waals surface area contributed by atoms with Crippen molar-refractivity contribution in [3.05, 3.63) is 77.1 Å². The van der Waals surface area contributed by atoms with Gasteiger partial charge in [0.2, 0.25) is 5.91 Å². The molecule has 49 heavy (non-hydrogen) atoms. The molecule has 2 heterocycles. The quantitative estimate of drug-likeness (QED) is 0.162. The van der Waals surface area contributed by atoms with E-state index in [4.69, 9.17) is 9.47 Å².